The largest absolute Gasteiger partial charge is 0.476 e. The second kappa shape index (κ2) is 3.12. The summed E-state index contributed by atoms with van der Waals surface area (Å²) in [6.07, 6.45) is 2.45. The number of aromatic carboxylic acids is 1. The summed E-state index contributed by atoms with van der Waals surface area (Å²) in [6.45, 7) is 2.06. The van der Waals surface area contributed by atoms with Crippen LogP contribution in [0.25, 0.3) is 0 Å². The number of H-pyrrole nitrogens is 1. The molecule has 0 saturated heterocycles. The van der Waals surface area contributed by atoms with Crippen LogP contribution in [0.1, 0.15) is 35.1 Å². The van der Waals surface area contributed by atoms with Crippen molar-refractivity contribution in [3.63, 3.8) is 0 Å². The molecule has 2 rings (SSSR count). The lowest BCUT2D eigenvalue weighted by atomic mass is 10.0. The zero-order valence-corrected chi connectivity index (χ0v) is 7.93. The van der Waals surface area contributed by atoms with Crippen LogP contribution in [0.15, 0.2) is 0 Å². The maximum atomic E-state index is 13.5. The van der Waals surface area contributed by atoms with Crippen LogP contribution in [0.2, 0.25) is 0 Å². The Balaban J connectivity index is 2.36. The van der Waals surface area contributed by atoms with Gasteiger partial charge in [-0.1, -0.05) is 13.3 Å². The van der Waals surface area contributed by atoms with Crippen molar-refractivity contribution in [1.29, 1.82) is 0 Å². The first-order chi connectivity index (χ1) is 6.63. The average molecular weight is 197 g/mol. The average Bonchev–Trinajstić information content (AvgIpc) is 2.65. The Morgan fingerprint density at radius 3 is 2.86 bits per heavy atom. The monoisotopic (exact) mass is 197 g/mol. The van der Waals surface area contributed by atoms with Crippen molar-refractivity contribution in [2.45, 2.75) is 26.2 Å². The van der Waals surface area contributed by atoms with E-state index in [2.05, 4.69) is 11.9 Å². The maximum absolute atomic E-state index is 13.5. The number of carboxylic acid groups (broad SMARTS) is 1. The summed E-state index contributed by atoms with van der Waals surface area (Å²) in [5.74, 6) is -1.32. The number of carbonyl (C=O) groups is 1. The van der Waals surface area contributed by atoms with Crippen molar-refractivity contribution in [1.82, 2.24) is 4.98 Å². The highest BCUT2D eigenvalue weighted by Crippen LogP contribution is 2.31. The number of aromatic nitrogens is 1. The van der Waals surface area contributed by atoms with Crippen LogP contribution in [0.5, 0.6) is 0 Å². The van der Waals surface area contributed by atoms with E-state index in [0.29, 0.717) is 17.9 Å². The van der Waals surface area contributed by atoms with Gasteiger partial charge in [0.15, 0.2) is 11.5 Å². The van der Waals surface area contributed by atoms with Gasteiger partial charge in [-0.05, 0) is 18.8 Å². The van der Waals surface area contributed by atoms with E-state index in [1.165, 1.54) is 0 Å². The van der Waals surface area contributed by atoms with E-state index < -0.39 is 11.8 Å². The van der Waals surface area contributed by atoms with Gasteiger partial charge in [0.2, 0.25) is 0 Å². The molecule has 14 heavy (non-hydrogen) atoms. The number of hydrogen-bond donors (Lipinski definition) is 2. The first kappa shape index (κ1) is 9.24. The summed E-state index contributed by atoms with van der Waals surface area (Å²) in [7, 11) is 0. The van der Waals surface area contributed by atoms with Crippen LogP contribution in [-0.2, 0) is 12.8 Å². The van der Waals surface area contributed by atoms with Crippen LogP contribution in [0.3, 0.4) is 0 Å². The minimum atomic E-state index is -1.22. The van der Waals surface area contributed by atoms with Gasteiger partial charge >= 0.3 is 5.97 Å². The highest BCUT2D eigenvalue weighted by Gasteiger charge is 2.29. The molecule has 76 valence electrons. The molecule has 0 unspecified atom stereocenters. The predicted octanol–water partition coefficient (Wildman–Crippen LogP) is 1.98. The van der Waals surface area contributed by atoms with Crippen molar-refractivity contribution < 1.29 is 14.3 Å². The van der Waals surface area contributed by atoms with E-state index in [1.54, 1.807) is 0 Å². The van der Waals surface area contributed by atoms with Gasteiger partial charge < -0.3 is 10.1 Å². The lowest BCUT2D eigenvalue weighted by molar-refractivity contribution is 0.0685. The molecule has 1 aromatic rings. The number of carboxylic acids is 1. The van der Waals surface area contributed by atoms with Gasteiger partial charge in [-0.25, -0.2) is 9.18 Å². The Labute approximate surface area is 80.9 Å². The van der Waals surface area contributed by atoms with E-state index in [0.717, 1.165) is 18.5 Å². The maximum Gasteiger partial charge on any atom is 0.355 e. The molecule has 1 atom stereocenters. The van der Waals surface area contributed by atoms with Crippen LogP contribution in [-0.4, -0.2) is 16.1 Å². The molecule has 1 heterocycles. The van der Waals surface area contributed by atoms with E-state index in [4.69, 9.17) is 5.11 Å². The first-order valence-corrected chi connectivity index (χ1v) is 4.76. The third-order valence-electron chi connectivity index (χ3n) is 2.90. The fourth-order valence-electron chi connectivity index (χ4n) is 2.04. The van der Waals surface area contributed by atoms with Gasteiger partial charge in [0, 0.05) is 11.3 Å². The van der Waals surface area contributed by atoms with Gasteiger partial charge in [0.25, 0.3) is 0 Å². The van der Waals surface area contributed by atoms with Crippen molar-refractivity contribution in [2.75, 3.05) is 0 Å². The first-order valence-electron chi connectivity index (χ1n) is 4.76. The third-order valence-corrected chi connectivity index (χ3v) is 2.90. The summed E-state index contributed by atoms with van der Waals surface area (Å²) in [6, 6.07) is 0. The normalized spacial score (nSPS) is 19.7. The minimum absolute atomic E-state index is 0.287. The molecule has 0 bridgehead atoms. The quantitative estimate of drug-likeness (QED) is 0.761. The predicted molar refractivity (Wildman–Crippen MR) is 48.9 cm³/mol. The minimum Gasteiger partial charge on any atom is -0.476 e. The van der Waals surface area contributed by atoms with Crippen molar-refractivity contribution in [3.8, 4) is 0 Å². The SMILES string of the molecule is CC[C@H]1Cc2[nH]c(C(=O)O)c(F)c2C1. The number of hydrogen-bond acceptors (Lipinski definition) is 1. The number of nitrogens with one attached hydrogen (secondary N) is 1. The molecule has 1 aromatic heterocycles. The Morgan fingerprint density at radius 1 is 1.64 bits per heavy atom. The molecule has 0 fully saturated rings. The molecule has 0 amide bonds. The molecular formula is C10H12FNO2. The van der Waals surface area contributed by atoms with Gasteiger partial charge in [-0.15, -0.1) is 0 Å². The number of fused-ring (bicyclic) bond motifs is 1. The Kier molecular flexibility index (Phi) is 2.06. The fourth-order valence-corrected chi connectivity index (χ4v) is 2.04. The summed E-state index contributed by atoms with van der Waals surface area (Å²) in [5, 5.41) is 8.67. The zero-order chi connectivity index (χ0) is 10.3. The molecule has 0 spiro atoms. The van der Waals surface area contributed by atoms with Gasteiger partial charge in [-0.3, -0.25) is 0 Å². The second-order valence-electron chi connectivity index (χ2n) is 3.76. The van der Waals surface area contributed by atoms with E-state index in [1.807, 2.05) is 0 Å². The molecule has 2 N–H and O–H groups in total. The summed E-state index contributed by atoms with van der Waals surface area (Å²) in [4.78, 5) is 13.3. The highest BCUT2D eigenvalue weighted by molar-refractivity contribution is 5.86. The summed E-state index contributed by atoms with van der Waals surface area (Å²) in [5.41, 5.74) is 1.06. The molecule has 0 radical (unpaired) electrons. The summed E-state index contributed by atoms with van der Waals surface area (Å²) >= 11 is 0. The van der Waals surface area contributed by atoms with Gasteiger partial charge in [0.1, 0.15) is 0 Å². The second-order valence-corrected chi connectivity index (χ2v) is 3.76. The Bertz CT molecular complexity index is 384. The van der Waals surface area contributed by atoms with Gasteiger partial charge in [-0.2, -0.15) is 0 Å². The number of rotatable bonds is 2. The topological polar surface area (TPSA) is 53.1 Å². The molecule has 4 heteroatoms. The van der Waals surface area contributed by atoms with Crippen molar-refractivity contribution in [3.05, 3.63) is 22.8 Å². The Morgan fingerprint density at radius 2 is 2.36 bits per heavy atom. The standard InChI is InChI=1S/C10H12FNO2/c1-2-5-3-6-7(4-5)12-9(8(6)11)10(13)14/h5,12H,2-4H2,1H3,(H,13,14)/t5-/m1/s1. The van der Waals surface area contributed by atoms with E-state index >= 15 is 0 Å². The lowest BCUT2D eigenvalue weighted by Gasteiger charge is -2.03. The zero-order valence-electron chi connectivity index (χ0n) is 7.93. The molecule has 0 saturated carbocycles. The molecule has 3 nitrogen and oxygen atoms in total. The van der Waals surface area contributed by atoms with Crippen molar-refractivity contribution in [2.24, 2.45) is 5.92 Å². The van der Waals surface area contributed by atoms with Crippen LogP contribution in [0, 0.1) is 11.7 Å². The van der Waals surface area contributed by atoms with Crippen LogP contribution in [0.4, 0.5) is 4.39 Å². The molecule has 0 aliphatic heterocycles. The van der Waals surface area contributed by atoms with Crippen LogP contribution < -0.4 is 0 Å². The molecule has 0 aromatic carbocycles. The molecule has 1 aliphatic carbocycles. The lowest BCUT2D eigenvalue weighted by Crippen LogP contribution is -2.04. The molecule has 1 aliphatic rings. The fraction of sp³-hybridized carbons (Fsp3) is 0.500. The molecular weight excluding hydrogens is 185 g/mol. The third kappa shape index (κ3) is 1.22. The van der Waals surface area contributed by atoms with Crippen LogP contribution >= 0.6 is 0 Å². The Hall–Kier alpha value is -1.32. The van der Waals surface area contributed by atoms with Crippen molar-refractivity contribution >= 4 is 5.97 Å². The highest BCUT2D eigenvalue weighted by atomic mass is 19.1. The van der Waals surface area contributed by atoms with E-state index in [-0.39, 0.29) is 5.69 Å². The summed E-state index contributed by atoms with van der Waals surface area (Å²) < 4.78 is 13.5. The number of halogens is 1. The van der Waals surface area contributed by atoms with E-state index in [9.17, 15) is 9.18 Å². The number of aromatic amines is 1. The van der Waals surface area contributed by atoms with Gasteiger partial charge in [0.05, 0.1) is 0 Å². The smallest absolute Gasteiger partial charge is 0.355 e.